The summed E-state index contributed by atoms with van der Waals surface area (Å²) in [7, 11) is 0. The van der Waals surface area contributed by atoms with Crippen LogP contribution < -0.4 is 5.32 Å². The molecule has 1 fully saturated rings. The van der Waals surface area contributed by atoms with Gasteiger partial charge in [0.05, 0.1) is 13.2 Å². The molecule has 1 aromatic rings. The number of ether oxygens (including phenoxy) is 1. The second kappa shape index (κ2) is 6.63. The van der Waals surface area contributed by atoms with Gasteiger partial charge in [0.1, 0.15) is 5.69 Å². The fourth-order valence-electron chi connectivity index (χ4n) is 2.15. The predicted molar refractivity (Wildman–Crippen MR) is 73.2 cm³/mol. The molecule has 0 unspecified atom stereocenters. The van der Waals surface area contributed by atoms with Crippen molar-refractivity contribution in [2.45, 2.75) is 19.9 Å². The Hall–Kier alpha value is -1.46. The maximum Gasteiger partial charge on any atom is 0.269 e. The fraction of sp³-hybridized carbons (Fsp3) is 0.571. The van der Waals surface area contributed by atoms with E-state index in [1.54, 1.807) is 6.07 Å². The van der Waals surface area contributed by atoms with E-state index in [4.69, 9.17) is 4.74 Å². The highest BCUT2D eigenvalue weighted by atomic mass is 16.5. The van der Waals surface area contributed by atoms with Crippen molar-refractivity contribution in [1.29, 1.82) is 0 Å². The lowest BCUT2D eigenvalue weighted by Crippen LogP contribution is -2.47. The molecular formula is C14H21N3O2. The number of aromatic nitrogens is 1. The van der Waals surface area contributed by atoms with Gasteiger partial charge in [-0.1, -0.05) is 6.07 Å². The first-order chi connectivity index (χ1) is 9.16. The van der Waals surface area contributed by atoms with Crippen molar-refractivity contribution in [3.05, 3.63) is 29.6 Å². The van der Waals surface area contributed by atoms with Crippen molar-refractivity contribution in [1.82, 2.24) is 15.2 Å². The van der Waals surface area contributed by atoms with E-state index in [2.05, 4.69) is 22.1 Å². The number of carbonyl (C=O) groups is 1. The van der Waals surface area contributed by atoms with Gasteiger partial charge in [-0.25, -0.2) is 4.98 Å². The zero-order valence-corrected chi connectivity index (χ0v) is 11.6. The lowest BCUT2D eigenvalue weighted by molar-refractivity contribution is 0.0204. The highest BCUT2D eigenvalue weighted by Gasteiger charge is 2.17. The van der Waals surface area contributed by atoms with Crippen molar-refractivity contribution < 1.29 is 9.53 Å². The first kappa shape index (κ1) is 14.0. The molecule has 0 radical (unpaired) electrons. The zero-order chi connectivity index (χ0) is 13.7. The summed E-state index contributed by atoms with van der Waals surface area (Å²) in [5, 5.41) is 2.94. The number of nitrogens with zero attached hydrogens (tertiary/aromatic N) is 2. The molecule has 104 valence electrons. The summed E-state index contributed by atoms with van der Waals surface area (Å²) in [4.78, 5) is 18.5. The Balaban J connectivity index is 1.82. The van der Waals surface area contributed by atoms with Gasteiger partial charge in [-0.15, -0.1) is 0 Å². The molecule has 1 atom stereocenters. The van der Waals surface area contributed by atoms with Crippen LogP contribution in [-0.2, 0) is 4.74 Å². The molecule has 0 spiro atoms. The summed E-state index contributed by atoms with van der Waals surface area (Å²) in [5.41, 5.74) is 1.34. The van der Waals surface area contributed by atoms with Gasteiger partial charge < -0.3 is 10.1 Å². The van der Waals surface area contributed by atoms with Crippen LogP contribution in [0.2, 0.25) is 0 Å². The van der Waals surface area contributed by atoms with Gasteiger partial charge in [0.15, 0.2) is 0 Å². The van der Waals surface area contributed by atoms with E-state index < -0.39 is 0 Å². The lowest BCUT2D eigenvalue weighted by atomic mass is 10.2. The summed E-state index contributed by atoms with van der Waals surface area (Å²) in [6, 6.07) is 5.79. The maximum absolute atomic E-state index is 12.0. The number of rotatable bonds is 4. The van der Waals surface area contributed by atoms with Crippen LogP contribution in [0.1, 0.15) is 23.1 Å². The van der Waals surface area contributed by atoms with Gasteiger partial charge in [0.25, 0.3) is 5.91 Å². The number of aryl methyl sites for hydroxylation is 1. The first-order valence-corrected chi connectivity index (χ1v) is 6.70. The smallest absolute Gasteiger partial charge is 0.269 e. The number of hydrogen-bond donors (Lipinski definition) is 1. The molecule has 5 heteroatoms. The molecule has 1 saturated heterocycles. The topological polar surface area (TPSA) is 54.5 Å². The average Bonchev–Trinajstić information content (AvgIpc) is 2.45. The monoisotopic (exact) mass is 263 g/mol. The van der Waals surface area contributed by atoms with Crippen LogP contribution >= 0.6 is 0 Å². The molecule has 2 rings (SSSR count). The van der Waals surface area contributed by atoms with Crippen LogP contribution in [0.25, 0.3) is 0 Å². The molecule has 0 saturated carbocycles. The number of amides is 1. The van der Waals surface area contributed by atoms with Crippen LogP contribution in [0.15, 0.2) is 18.2 Å². The molecule has 2 heterocycles. The normalized spacial score (nSPS) is 18.0. The molecule has 19 heavy (non-hydrogen) atoms. The van der Waals surface area contributed by atoms with Gasteiger partial charge in [-0.3, -0.25) is 9.69 Å². The van der Waals surface area contributed by atoms with E-state index in [0.717, 1.165) is 32.0 Å². The van der Waals surface area contributed by atoms with Gasteiger partial charge in [-0.05, 0) is 26.0 Å². The minimum atomic E-state index is -0.108. The van der Waals surface area contributed by atoms with Crippen molar-refractivity contribution in [3.63, 3.8) is 0 Å². The van der Waals surface area contributed by atoms with E-state index in [0.29, 0.717) is 18.3 Å². The van der Waals surface area contributed by atoms with Gasteiger partial charge in [-0.2, -0.15) is 0 Å². The first-order valence-electron chi connectivity index (χ1n) is 6.70. The molecule has 0 aromatic carbocycles. The highest BCUT2D eigenvalue weighted by Crippen LogP contribution is 2.03. The van der Waals surface area contributed by atoms with E-state index >= 15 is 0 Å². The molecule has 1 N–H and O–H groups in total. The Morgan fingerprint density at radius 3 is 2.89 bits per heavy atom. The van der Waals surface area contributed by atoms with Crippen molar-refractivity contribution in [2.24, 2.45) is 0 Å². The third-order valence-electron chi connectivity index (χ3n) is 3.35. The predicted octanol–water partition coefficient (Wildman–Crippen LogP) is 0.841. The Kier molecular flexibility index (Phi) is 4.87. The van der Waals surface area contributed by atoms with E-state index in [-0.39, 0.29) is 5.91 Å². The highest BCUT2D eigenvalue weighted by molar-refractivity contribution is 5.92. The Labute approximate surface area is 114 Å². The second-order valence-corrected chi connectivity index (χ2v) is 4.87. The third kappa shape index (κ3) is 4.01. The maximum atomic E-state index is 12.0. The zero-order valence-electron chi connectivity index (χ0n) is 11.6. The molecule has 0 aliphatic carbocycles. The SMILES string of the molecule is Cc1cccc(C(=O)NC[C@@H](C)N2CCOCC2)n1. The van der Waals surface area contributed by atoms with Gasteiger partial charge in [0.2, 0.25) is 0 Å². The minimum absolute atomic E-state index is 0.108. The van der Waals surface area contributed by atoms with Crippen LogP contribution in [0.5, 0.6) is 0 Å². The van der Waals surface area contributed by atoms with Gasteiger partial charge >= 0.3 is 0 Å². The van der Waals surface area contributed by atoms with Crippen molar-refractivity contribution in [3.8, 4) is 0 Å². The number of pyridine rings is 1. The number of nitrogens with one attached hydrogen (secondary N) is 1. The van der Waals surface area contributed by atoms with Crippen molar-refractivity contribution >= 4 is 5.91 Å². The van der Waals surface area contributed by atoms with Crippen LogP contribution in [0.3, 0.4) is 0 Å². The molecule has 1 aromatic heterocycles. The van der Waals surface area contributed by atoms with E-state index in [9.17, 15) is 4.79 Å². The van der Waals surface area contributed by atoms with E-state index in [1.165, 1.54) is 0 Å². The summed E-state index contributed by atoms with van der Waals surface area (Å²) in [5.74, 6) is -0.108. The summed E-state index contributed by atoms with van der Waals surface area (Å²) in [6.07, 6.45) is 0. The molecular weight excluding hydrogens is 242 g/mol. The third-order valence-corrected chi connectivity index (χ3v) is 3.35. The largest absolute Gasteiger partial charge is 0.379 e. The van der Waals surface area contributed by atoms with E-state index in [1.807, 2.05) is 19.1 Å². The average molecular weight is 263 g/mol. The fourth-order valence-corrected chi connectivity index (χ4v) is 2.15. The summed E-state index contributed by atoms with van der Waals surface area (Å²) >= 11 is 0. The number of carbonyl (C=O) groups excluding carboxylic acids is 1. The lowest BCUT2D eigenvalue weighted by Gasteiger charge is -2.32. The number of hydrogen-bond acceptors (Lipinski definition) is 4. The summed E-state index contributed by atoms with van der Waals surface area (Å²) in [6.45, 7) is 8.05. The Morgan fingerprint density at radius 1 is 1.47 bits per heavy atom. The number of morpholine rings is 1. The Morgan fingerprint density at radius 2 is 2.21 bits per heavy atom. The van der Waals surface area contributed by atoms with Crippen LogP contribution in [-0.4, -0.2) is 54.7 Å². The molecule has 1 amide bonds. The quantitative estimate of drug-likeness (QED) is 0.874. The molecule has 5 nitrogen and oxygen atoms in total. The van der Waals surface area contributed by atoms with Crippen LogP contribution in [0.4, 0.5) is 0 Å². The summed E-state index contributed by atoms with van der Waals surface area (Å²) < 4.78 is 5.32. The van der Waals surface area contributed by atoms with Crippen molar-refractivity contribution in [2.75, 3.05) is 32.8 Å². The second-order valence-electron chi connectivity index (χ2n) is 4.87. The molecule has 1 aliphatic heterocycles. The Bertz CT molecular complexity index is 430. The standard InChI is InChI=1S/C14H21N3O2/c1-11-4-3-5-13(16-11)14(18)15-10-12(2)17-6-8-19-9-7-17/h3-5,12H,6-10H2,1-2H3,(H,15,18)/t12-/m1/s1. The molecule has 0 bridgehead atoms. The van der Waals surface area contributed by atoms with Crippen LogP contribution in [0, 0.1) is 6.92 Å². The minimum Gasteiger partial charge on any atom is -0.379 e. The van der Waals surface area contributed by atoms with Gasteiger partial charge in [0, 0.05) is 31.4 Å². The molecule has 1 aliphatic rings.